The Bertz CT molecular complexity index is 567. The number of unbranched alkanes of at least 4 members (excludes halogenated alkanes) is 2. The number of nitrogens with zero attached hydrogens (tertiary/aromatic N) is 2. The Morgan fingerprint density at radius 2 is 2.00 bits per heavy atom. The predicted octanol–water partition coefficient (Wildman–Crippen LogP) is 3.06. The van der Waals surface area contributed by atoms with E-state index in [1.54, 1.807) is 12.1 Å². The van der Waals surface area contributed by atoms with Crippen molar-refractivity contribution in [3.63, 3.8) is 0 Å². The van der Waals surface area contributed by atoms with Crippen LogP contribution in [0.4, 0.5) is 0 Å². The second kappa shape index (κ2) is 5.58. The topological polar surface area (TPSA) is 63.1 Å². The van der Waals surface area contributed by atoms with Gasteiger partial charge in [0.25, 0.3) is 0 Å². The number of carbonyl (C=O) groups is 1. The normalized spacial score (nSPS) is 10.7. The first-order chi connectivity index (χ1) is 8.72. The molecule has 0 fully saturated rings. The smallest absolute Gasteiger partial charge is 0.355 e. The van der Waals surface area contributed by atoms with E-state index in [4.69, 9.17) is 0 Å². The highest BCUT2D eigenvalue weighted by molar-refractivity contribution is 6.00. The van der Waals surface area contributed by atoms with Gasteiger partial charge >= 0.3 is 5.97 Å². The van der Waals surface area contributed by atoms with E-state index in [0.717, 1.165) is 25.7 Å². The maximum atomic E-state index is 11.2. The highest BCUT2D eigenvalue weighted by Gasteiger charge is 2.12. The minimum Gasteiger partial charge on any atom is -0.476 e. The van der Waals surface area contributed by atoms with Crippen molar-refractivity contribution in [1.82, 2.24) is 9.97 Å². The van der Waals surface area contributed by atoms with Crippen molar-refractivity contribution in [2.24, 2.45) is 0 Å². The summed E-state index contributed by atoms with van der Waals surface area (Å²) in [5.41, 5.74) is 0.809. The Kier molecular flexibility index (Phi) is 3.87. The van der Waals surface area contributed by atoms with E-state index in [0.29, 0.717) is 16.7 Å². The van der Waals surface area contributed by atoms with Crippen molar-refractivity contribution < 1.29 is 9.90 Å². The van der Waals surface area contributed by atoms with Crippen LogP contribution in [0.1, 0.15) is 42.5 Å². The molecule has 2 aromatic rings. The Balaban J connectivity index is 2.41. The standard InChI is InChI=1S/C14H16N2O2/c1-2-3-4-9-12-15-11-8-6-5-7-10(11)13(16-12)14(17)18/h5-8H,2-4,9H2,1H3,(H,17,18). The summed E-state index contributed by atoms with van der Waals surface area (Å²) in [7, 11) is 0. The van der Waals surface area contributed by atoms with Crippen molar-refractivity contribution in [2.75, 3.05) is 0 Å². The van der Waals surface area contributed by atoms with E-state index in [9.17, 15) is 9.90 Å². The summed E-state index contributed by atoms with van der Waals surface area (Å²) in [4.78, 5) is 19.8. The lowest BCUT2D eigenvalue weighted by molar-refractivity contribution is 0.0692. The van der Waals surface area contributed by atoms with Crippen molar-refractivity contribution in [2.45, 2.75) is 32.6 Å². The van der Waals surface area contributed by atoms with Gasteiger partial charge in [0.1, 0.15) is 5.82 Å². The van der Waals surface area contributed by atoms with Crippen LogP contribution in [0.15, 0.2) is 24.3 Å². The molecule has 0 aliphatic rings. The SMILES string of the molecule is CCCCCc1nc(C(=O)O)c2ccccc2n1. The van der Waals surface area contributed by atoms with E-state index < -0.39 is 5.97 Å². The number of hydrogen-bond donors (Lipinski definition) is 1. The first-order valence-corrected chi connectivity index (χ1v) is 6.21. The first-order valence-electron chi connectivity index (χ1n) is 6.21. The molecule has 0 radical (unpaired) electrons. The molecule has 0 aliphatic carbocycles. The molecule has 0 unspecified atom stereocenters. The molecule has 0 spiro atoms. The fourth-order valence-electron chi connectivity index (χ4n) is 1.93. The van der Waals surface area contributed by atoms with Gasteiger partial charge in [0.05, 0.1) is 5.52 Å². The van der Waals surface area contributed by atoms with Crippen LogP contribution in [0, 0.1) is 0 Å². The number of aromatic carboxylic acids is 1. The lowest BCUT2D eigenvalue weighted by Gasteiger charge is -2.05. The summed E-state index contributed by atoms with van der Waals surface area (Å²) in [5.74, 6) is -0.370. The number of rotatable bonds is 5. The predicted molar refractivity (Wildman–Crippen MR) is 69.7 cm³/mol. The summed E-state index contributed by atoms with van der Waals surface area (Å²) in [6, 6.07) is 7.23. The Morgan fingerprint density at radius 1 is 1.22 bits per heavy atom. The lowest BCUT2D eigenvalue weighted by Crippen LogP contribution is -2.07. The van der Waals surface area contributed by atoms with Crippen LogP contribution in [0.2, 0.25) is 0 Å². The van der Waals surface area contributed by atoms with Gasteiger partial charge in [-0.15, -0.1) is 0 Å². The minimum atomic E-state index is -0.995. The van der Waals surface area contributed by atoms with Crippen molar-refractivity contribution in [3.8, 4) is 0 Å². The molecular weight excluding hydrogens is 228 g/mol. The molecule has 4 nitrogen and oxygen atoms in total. The van der Waals surface area contributed by atoms with Gasteiger partial charge in [-0.05, 0) is 12.5 Å². The molecule has 4 heteroatoms. The van der Waals surface area contributed by atoms with Gasteiger partial charge in [0.15, 0.2) is 5.69 Å². The highest BCUT2D eigenvalue weighted by Crippen LogP contribution is 2.16. The Morgan fingerprint density at radius 3 is 2.72 bits per heavy atom. The minimum absolute atomic E-state index is 0.104. The molecule has 0 saturated heterocycles. The van der Waals surface area contributed by atoms with Crippen LogP contribution in [-0.2, 0) is 6.42 Å². The number of para-hydroxylation sites is 1. The second-order valence-corrected chi connectivity index (χ2v) is 4.27. The Labute approximate surface area is 106 Å². The van der Waals surface area contributed by atoms with Gasteiger partial charge < -0.3 is 5.11 Å². The summed E-state index contributed by atoms with van der Waals surface area (Å²) >= 11 is 0. The molecule has 1 aromatic heterocycles. The maximum Gasteiger partial charge on any atom is 0.355 e. The van der Waals surface area contributed by atoms with Crippen LogP contribution >= 0.6 is 0 Å². The van der Waals surface area contributed by atoms with Gasteiger partial charge in [0.2, 0.25) is 0 Å². The molecule has 18 heavy (non-hydrogen) atoms. The zero-order valence-electron chi connectivity index (χ0n) is 10.4. The third-order valence-electron chi connectivity index (χ3n) is 2.86. The molecule has 1 aromatic carbocycles. The van der Waals surface area contributed by atoms with Gasteiger partial charge in [-0.2, -0.15) is 0 Å². The van der Waals surface area contributed by atoms with Gasteiger partial charge in [-0.1, -0.05) is 38.0 Å². The quantitative estimate of drug-likeness (QED) is 0.821. The molecule has 0 amide bonds. The molecule has 0 saturated carbocycles. The Hall–Kier alpha value is -1.97. The van der Waals surface area contributed by atoms with E-state index in [2.05, 4.69) is 16.9 Å². The first kappa shape index (κ1) is 12.5. The van der Waals surface area contributed by atoms with Crippen LogP contribution in [0.5, 0.6) is 0 Å². The average molecular weight is 244 g/mol. The monoisotopic (exact) mass is 244 g/mol. The summed E-state index contributed by atoms with van der Waals surface area (Å²) in [5, 5.41) is 9.79. The second-order valence-electron chi connectivity index (χ2n) is 4.27. The molecular formula is C14H16N2O2. The van der Waals surface area contributed by atoms with Gasteiger partial charge in [0, 0.05) is 11.8 Å². The fourth-order valence-corrected chi connectivity index (χ4v) is 1.93. The van der Waals surface area contributed by atoms with Crippen molar-refractivity contribution in [3.05, 3.63) is 35.8 Å². The third-order valence-corrected chi connectivity index (χ3v) is 2.86. The zero-order valence-corrected chi connectivity index (χ0v) is 10.4. The fraction of sp³-hybridized carbons (Fsp3) is 0.357. The number of hydrogen-bond acceptors (Lipinski definition) is 3. The van der Waals surface area contributed by atoms with Crippen LogP contribution in [0.3, 0.4) is 0 Å². The van der Waals surface area contributed by atoms with Crippen LogP contribution in [0.25, 0.3) is 10.9 Å². The molecule has 1 heterocycles. The molecule has 0 bridgehead atoms. The zero-order chi connectivity index (χ0) is 13.0. The molecule has 1 N–H and O–H groups in total. The van der Waals surface area contributed by atoms with E-state index in [-0.39, 0.29) is 5.69 Å². The molecule has 2 rings (SSSR count). The average Bonchev–Trinajstić information content (AvgIpc) is 2.38. The van der Waals surface area contributed by atoms with Crippen molar-refractivity contribution in [1.29, 1.82) is 0 Å². The van der Waals surface area contributed by atoms with Gasteiger partial charge in [-0.25, -0.2) is 14.8 Å². The molecule has 0 atom stereocenters. The van der Waals surface area contributed by atoms with Crippen LogP contribution in [-0.4, -0.2) is 21.0 Å². The van der Waals surface area contributed by atoms with E-state index in [1.165, 1.54) is 0 Å². The molecule has 0 aliphatic heterocycles. The third kappa shape index (κ3) is 2.64. The summed E-state index contributed by atoms with van der Waals surface area (Å²) in [6.45, 7) is 2.13. The van der Waals surface area contributed by atoms with Gasteiger partial charge in [-0.3, -0.25) is 0 Å². The summed E-state index contributed by atoms with van der Waals surface area (Å²) < 4.78 is 0. The maximum absolute atomic E-state index is 11.2. The number of benzene rings is 1. The van der Waals surface area contributed by atoms with Crippen LogP contribution < -0.4 is 0 Å². The number of carboxylic acids is 1. The number of aryl methyl sites for hydroxylation is 1. The van der Waals surface area contributed by atoms with E-state index in [1.807, 2.05) is 12.1 Å². The molecule has 94 valence electrons. The number of carboxylic acid groups (broad SMARTS) is 1. The van der Waals surface area contributed by atoms with Crippen molar-refractivity contribution >= 4 is 16.9 Å². The largest absolute Gasteiger partial charge is 0.476 e. The number of fused-ring (bicyclic) bond motifs is 1. The summed E-state index contributed by atoms with van der Waals surface area (Å²) in [6.07, 6.45) is 3.96. The number of aromatic nitrogens is 2. The van der Waals surface area contributed by atoms with E-state index >= 15 is 0 Å². The lowest BCUT2D eigenvalue weighted by atomic mass is 10.1. The highest BCUT2D eigenvalue weighted by atomic mass is 16.4.